The van der Waals surface area contributed by atoms with Gasteiger partial charge in [0, 0.05) is 6.42 Å². The van der Waals surface area contributed by atoms with Gasteiger partial charge in [0.05, 0.1) is 19.6 Å². The number of amides is 3. The van der Waals surface area contributed by atoms with Gasteiger partial charge in [-0.2, -0.15) is 0 Å². The van der Waals surface area contributed by atoms with Crippen LogP contribution in [0.25, 0.3) is 0 Å². The van der Waals surface area contributed by atoms with E-state index < -0.39 is 41.9 Å². The van der Waals surface area contributed by atoms with E-state index in [0.29, 0.717) is 0 Å². The minimum Gasteiger partial charge on any atom is -0.466 e. The smallest absolute Gasteiger partial charge is 0.411 e. The average Bonchev–Trinajstić information content (AvgIpc) is 2.85. The first-order chi connectivity index (χ1) is 16.8. The summed E-state index contributed by atoms with van der Waals surface area (Å²) in [4.78, 5) is 51.7. The SMILES string of the molecule is CCOC(=O)C[C@@H](C)[C@H](NC(=O)[C@@H]1Cc2ccccc2CN1C(=O)OCc1ccccc1)C(N)=O. The summed E-state index contributed by atoms with van der Waals surface area (Å²) in [5, 5.41) is 2.65. The number of hydrogen-bond acceptors (Lipinski definition) is 6. The van der Waals surface area contributed by atoms with Crippen molar-refractivity contribution in [2.24, 2.45) is 11.7 Å². The Balaban J connectivity index is 1.77. The van der Waals surface area contributed by atoms with E-state index in [1.165, 1.54) is 4.90 Å². The monoisotopic (exact) mass is 481 g/mol. The van der Waals surface area contributed by atoms with Gasteiger partial charge in [0.2, 0.25) is 11.8 Å². The zero-order valence-corrected chi connectivity index (χ0v) is 19.9. The molecule has 0 fully saturated rings. The molecule has 3 rings (SSSR count). The van der Waals surface area contributed by atoms with Gasteiger partial charge in [-0.1, -0.05) is 61.5 Å². The topological polar surface area (TPSA) is 128 Å². The summed E-state index contributed by atoms with van der Waals surface area (Å²) in [6.45, 7) is 3.77. The Kier molecular flexibility index (Phi) is 8.83. The second-order valence-electron chi connectivity index (χ2n) is 8.53. The van der Waals surface area contributed by atoms with Crippen LogP contribution in [0.15, 0.2) is 54.6 Å². The fourth-order valence-corrected chi connectivity index (χ4v) is 4.10. The highest BCUT2D eigenvalue weighted by atomic mass is 16.6. The van der Waals surface area contributed by atoms with Crippen molar-refractivity contribution in [3.05, 3.63) is 71.3 Å². The summed E-state index contributed by atoms with van der Waals surface area (Å²) in [5.41, 5.74) is 8.20. The number of benzene rings is 2. The fourth-order valence-electron chi connectivity index (χ4n) is 4.10. The fraction of sp³-hybridized carbons (Fsp3) is 0.385. The maximum atomic E-state index is 13.3. The highest BCUT2D eigenvalue weighted by Gasteiger charge is 2.38. The lowest BCUT2D eigenvalue weighted by atomic mass is 9.92. The first-order valence-electron chi connectivity index (χ1n) is 11.6. The molecule has 0 radical (unpaired) electrons. The Bertz CT molecular complexity index is 1060. The van der Waals surface area contributed by atoms with Gasteiger partial charge in [0.25, 0.3) is 0 Å². The molecular weight excluding hydrogens is 450 g/mol. The first-order valence-corrected chi connectivity index (χ1v) is 11.6. The van der Waals surface area contributed by atoms with Crippen molar-refractivity contribution in [1.29, 1.82) is 0 Å². The van der Waals surface area contributed by atoms with Crippen molar-refractivity contribution in [2.45, 2.75) is 51.9 Å². The van der Waals surface area contributed by atoms with Crippen molar-refractivity contribution < 1.29 is 28.7 Å². The molecule has 186 valence electrons. The van der Waals surface area contributed by atoms with Gasteiger partial charge >= 0.3 is 12.1 Å². The van der Waals surface area contributed by atoms with Crippen LogP contribution in [0.5, 0.6) is 0 Å². The molecule has 0 bridgehead atoms. The van der Waals surface area contributed by atoms with Crippen LogP contribution in [-0.4, -0.2) is 47.5 Å². The lowest BCUT2D eigenvalue weighted by molar-refractivity contribution is -0.145. The maximum absolute atomic E-state index is 13.3. The highest BCUT2D eigenvalue weighted by Crippen LogP contribution is 2.25. The van der Waals surface area contributed by atoms with Crippen LogP contribution >= 0.6 is 0 Å². The Labute approximate surface area is 204 Å². The summed E-state index contributed by atoms with van der Waals surface area (Å²) in [6, 6.07) is 14.7. The Morgan fingerprint density at radius 1 is 1.03 bits per heavy atom. The first kappa shape index (κ1) is 25.7. The molecule has 1 heterocycles. The average molecular weight is 482 g/mol. The van der Waals surface area contributed by atoms with E-state index in [0.717, 1.165) is 16.7 Å². The van der Waals surface area contributed by atoms with Crippen LogP contribution in [0.2, 0.25) is 0 Å². The molecule has 9 nitrogen and oxygen atoms in total. The number of carbonyl (C=O) groups excluding carboxylic acids is 4. The number of fused-ring (bicyclic) bond motifs is 1. The van der Waals surface area contributed by atoms with E-state index in [2.05, 4.69) is 5.32 Å². The van der Waals surface area contributed by atoms with Crippen LogP contribution in [0.1, 0.15) is 37.0 Å². The molecule has 2 aromatic rings. The third kappa shape index (κ3) is 6.81. The second kappa shape index (κ2) is 12.0. The summed E-state index contributed by atoms with van der Waals surface area (Å²) in [7, 11) is 0. The Hall–Kier alpha value is -3.88. The second-order valence-corrected chi connectivity index (χ2v) is 8.53. The Morgan fingerprint density at radius 3 is 2.34 bits per heavy atom. The van der Waals surface area contributed by atoms with E-state index in [-0.39, 0.29) is 32.6 Å². The molecule has 0 unspecified atom stereocenters. The predicted octanol–water partition coefficient (Wildman–Crippen LogP) is 2.31. The summed E-state index contributed by atoms with van der Waals surface area (Å²) < 4.78 is 10.4. The summed E-state index contributed by atoms with van der Waals surface area (Å²) >= 11 is 0. The van der Waals surface area contributed by atoms with Gasteiger partial charge < -0.3 is 20.5 Å². The van der Waals surface area contributed by atoms with E-state index in [1.54, 1.807) is 13.8 Å². The normalized spacial score (nSPS) is 16.4. The minimum atomic E-state index is -1.11. The Morgan fingerprint density at radius 2 is 1.69 bits per heavy atom. The predicted molar refractivity (Wildman–Crippen MR) is 128 cm³/mol. The van der Waals surface area contributed by atoms with Crippen LogP contribution < -0.4 is 11.1 Å². The number of hydrogen-bond donors (Lipinski definition) is 2. The molecule has 3 N–H and O–H groups in total. The quantitative estimate of drug-likeness (QED) is 0.529. The standard InChI is InChI=1S/C26H31N3O6/c1-3-34-22(30)13-17(2)23(24(27)31)28-25(32)21-14-19-11-7-8-12-20(19)15-29(21)26(33)35-16-18-9-5-4-6-10-18/h4-12,17,21,23H,3,13-16H2,1-2H3,(H2,27,31)(H,28,32)/t17-,21+,23+/m1/s1. The van der Waals surface area contributed by atoms with E-state index >= 15 is 0 Å². The van der Waals surface area contributed by atoms with Crippen molar-refractivity contribution in [2.75, 3.05) is 6.61 Å². The third-order valence-electron chi connectivity index (χ3n) is 5.96. The van der Waals surface area contributed by atoms with Gasteiger partial charge in [0.15, 0.2) is 0 Å². The molecule has 35 heavy (non-hydrogen) atoms. The summed E-state index contributed by atoms with van der Waals surface area (Å²) in [5.74, 6) is -2.40. The lowest BCUT2D eigenvalue weighted by Crippen LogP contribution is -2.57. The number of nitrogens with one attached hydrogen (secondary N) is 1. The van der Waals surface area contributed by atoms with E-state index in [1.807, 2.05) is 54.6 Å². The van der Waals surface area contributed by atoms with Gasteiger partial charge in [-0.3, -0.25) is 19.3 Å². The number of nitrogens with zero attached hydrogens (tertiary/aromatic N) is 1. The van der Waals surface area contributed by atoms with Gasteiger partial charge in [-0.25, -0.2) is 4.79 Å². The molecule has 0 saturated heterocycles. The number of nitrogens with two attached hydrogens (primary N) is 1. The van der Waals surface area contributed by atoms with Crippen LogP contribution in [0, 0.1) is 5.92 Å². The molecule has 0 saturated carbocycles. The number of rotatable bonds is 9. The molecule has 0 spiro atoms. The number of ether oxygens (including phenoxy) is 2. The highest BCUT2D eigenvalue weighted by molar-refractivity contribution is 5.91. The molecule has 9 heteroatoms. The van der Waals surface area contributed by atoms with Gasteiger partial charge in [-0.05, 0) is 29.5 Å². The molecular formula is C26H31N3O6. The zero-order chi connectivity index (χ0) is 25.4. The van der Waals surface area contributed by atoms with Gasteiger partial charge in [0.1, 0.15) is 18.7 Å². The van der Waals surface area contributed by atoms with Crippen molar-refractivity contribution in [3.8, 4) is 0 Å². The lowest BCUT2D eigenvalue weighted by Gasteiger charge is -2.36. The molecule has 0 aromatic heterocycles. The third-order valence-corrected chi connectivity index (χ3v) is 5.96. The van der Waals surface area contributed by atoms with Crippen molar-refractivity contribution in [1.82, 2.24) is 10.2 Å². The molecule has 1 aliphatic rings. The van der Waals surface area contributed by atoms with E-state index in [4.69, 9.17) is 15.2 Å². The molecule has 0 aliphatic carbocycles. The van der Waals surface area contributed by atoms with Crippen LogP contribution in [0.3, 0.4) is 0 Å². The number of primary amides is 1. The summed E-state index contributed by atoms with van der Waals surface area (Å²) in [6.07, 6.45) is -0.475. The van der Waals surface area contributed by atoms with E-state index in [9.17, 15) is 19.2 Å². The van der Waals surface area contributed by atoms with Crippen molar-refractivity contribution >= 4 is 23.9 Å². The largest absolute Gasteiger partial charge is 0.466 e. The maximum Gasteiger partial charge on any atom is 0.411 e. The number of carbonyl (C=O) groups is 4. The number of esters is 1. The molecule has 2 aromatic carbocycles. The van der Waals surface area contributed by atoms with Crippen LogP contribution in [-0.2, 0) is 43.4 Å². The molecule has 3 amide bonds. The molecule has 1 aliphatic heterocycles. The van der Waals surface area contributed by atoms with Crippen molar-refractivity contribution in [3.63, 3.8) is 0 Å². The van der Waals surface area contributed by atoms with Crippen LogP contribution in [0.4, 0.5) is 4.79 Å². The zero-order valence-electron chi connectivity index (χ0n) is 19.9. The minimum absolute atomic E-state index is 0.0621. The molecule has 3 atom stereocenters. The van der Waals surface area contributed by atoms with Gasteiger partial charge in [-0.15, -0.1) is 0 Å².